The second kappa shape index (κ2) is 11.3. The van der Waals surface area contributed by atoms with Crippen molar-refractivity contribution >= 4 is 38.1 Å². The fourth-order valence-electron chi connectivity index (χ4n) is 3.09. The third-order valence-electron chi connectivity index (χ3n) is 4.84. The van der Waals surface area contributed by atoms with Crippen LogP contribution in [-0.2, 0) is 14.8 Å². The van der Waals surface area contributed by atoms with Crippen molar-refractivity contribution in [2.24, 2.45) is 0 Å². The molecule has 3 aromatic rings. The van der Waals surface area contributed by atoms with Crippen LogP contribution in [0.5, 0.6) is 11.5 Å². The largest absolute Gasteiger partial charge is 0.495 e. The first kappa shape index (κ1) is 25.5. The highest BCUT2D eigenvalue weighted by Gasteiger charge is 2.16. The third-order valence-corrected chi connectivity index (χ3v) is 7.16. The average molecular weight is 505 g/mol. The quantitative estimate of drug-likeness (QED) is 0.363. The molecule has 0 atom stereocenters. The number of nitrogens with zero attached hydrogens (tertiary/aromatic N) is 1. The topological polar surface area (TPSA) is 119 Å². The first-order valence-corrected chi connectivity index (χ1v) is 13.0. The van der Waals surface area contributed by atoms with Gasteiger partial charge in [-0.05, 0) is 55.3 Å². The maximum Gasteiger partial charge on any atom is 0.262 e. The Morgan fingerprint density at radius 1 is 1.15 bits per heavy atom. The van der Waals surface area contributed by atoms with Crippen LogP contribution in [0, 0.1) is 6.92 Å². The molecule has 9 nitrogen and oxygen atoms in total. The number of anilines is 2. The summed E-state index contributed by atoms with van der Waals surface area (Å²) < 4.78 is 38.1. The summed E-state index contributed by atoms with van der Waals surface area (Å²) in [6, 6.07) is 9.95. The molecular formula is C23H28N4O5S2. The summed E-state index contributed by atoms with van der Waals surface area (Å²) in [6.45, 7) is 3.73. The molecule has 0 spiro atoms. The number of benzene rings is 2. The molecule has 0 aliphatic rings. The van der Waals surface area contributed by atoms with Gasteiger partial charge in [0.15, 0.2) is 11.7 Å². The van der Waals surface area contributed by atoms with Gasteiger partial charge < -0.3 is 20.1 Å². The lowest BCUT2D eigenvalue weighted by Gasteiger charge is -2.14. The maximum atomic E-state index is 12.6. The highest BCUT2D eigenvalue weighted by molar-refractivity contribution is 7.89. The zero-order valence-corrected chi connectivity index (χ0v) is 21.1. The van der Waals surface area contributed by atoms with Crippen molar-refractivity contribution in [2.75, 3.05) is 37.9 Å². The van der Waals surface area contributed by atoms with E-state index in [1.54, 1.807) is 32.2 Å². The summed E-state index contributed by atoms with van der Waals surface area (Å²) in [4.78, 5) is 17.2. The number of methoxy groups -OCH3 is 1. The van der Waals surface area contributed by atoms with E-state index < -0.39 is 10.0 Å². The van der Waals surface area contributed by atoms with Gasteiger partial charge in [-0.1, -0.05) is 6.92 Å². The Hall–Kier alpha value is -3.15. The zero-order chi connectivity index (χ0) is 24.7. The van der Waals surface area contributed by atoms with E-state index in [9.17, 15) is 13.2 Å². The maximum absolute atomic E-state index is 12.6. The van der Waals surface area contributed by atoms with Gasteiger partial charge in [0, 0.05) is 24.5 Å². The average Bonchev–Trinajstić information content (AvgIpc) is 3.31. The minimum absolute atomic E-state index is 0.153. The number of hydrogen-bond donors (Lipinski definition) is 3. The fraction of sp³-hybridized carbons (Fsp3) is 0.304. The molecule has 0 saturated carbocycles. The Morgan fingerprint density at radius 3 is 2.56 bits per heavy atom. The molecular weight excluding hydrogens is 476 g/mol. The third kappa shape index (κ3) is 6.25. The molecule has 1 heterocycles. The van der Waals surface area contributed by atoms with E-state index in [-0.39, 0.29) is 17.4 Å². The Labute approximate surface area is 203 Å². The van der Waals surface area contributed by atoms with E-state index >= 15 is 0 Å². The lowest BCUT2D eigenvalue weighted by molar-refractivity contribution is -0.118. The Kier molecular flexibility index (Phi) is 8.48. The van der Waals surface area contributed by atoms with Crippen LogP contribution < -0.4 is 24.8 Å². The van der Waals surface area contributed by atoms with E-state index in [4.69, 9.17) is 9.47 Å². The number of aromatic nitrogens is 1. The van der Waals surface area contributed by atoms with Crippen LogP contribution in [0.3, 0.4) is 0 Å². The van der Waals surface area contributed by atoms with Crippen LogP contribution in [-0.4, -0.2) is 46.6 Å². The molecule has 0 aliphatic carbocycles. The van der Waals surface area contributed by atoms with Crippen molar-refractivity contribution in [1.82, 2.24) is 9.71 Å². The second-order valence-electron chi connectivity index (χ2n) is 7.36. The van der Waals surface area contributed by atoms with Crippen LogP contribution in [0.15, 0.2) is 46.7 Å². The molecule has 0 aliphatic heterocycles. The van der Waals surface area contributed by atoms with E-state index in [1.807, 2.05) is 18.4 Å². The number of rotatable bonds is 11. The van der Waals surface area contributed by atoms with Crippen LogP contribution in [0.25, 0.3) is 11.3 Å². The van der Waals surface area contributed by atoms with Crippen molar-refractivity contribution in [2.45, 2.75) is 25.2 Å². The van der Waals surface area contributed by atoms with Crippen molar-refractivity contribution in [3.8, 4) is 22.8 Å². The van der Waals surface area contributed by atoms with Gasteiger partial charge in [0.2, 0.25) is 10.0 Å². The molecule has 1 aromatic heterocycles. The van der Waals surface area contributed by atoms with Crippen molar-refractivity contribution in [3.63, 3.8) is 0 Å². The molecule has 182 valence electrons. The molecule has 2 aromatic carbocycles. The standard InChI is InChI=1S/C23H28N4O5S2/c1-5-10-25-34(29,30)17-7-9-20(15(2)11-17)32-13-22(28)26-18-12-16(6-8-21(18)31-4)19-14-33-23(24-3)27-19/h6-9,11-12,14,25H,5,10,13H2,1-4H3,(H,24,27)(H,26,28). The van der Waals surface area contributed by atoms with Crippen LogP contribution >= 0.6 is 11.3 Å². The number of carbonyl (C=O) groups is 1. The first-order valence-electron chi connectivity index (χ1n) is 10.6. The summed E-state index contributed by atoms with van der Waals surface area (Å²) in [5, 5.41) is 8.52. The number of amides is 1. The number of carbonyl (C=O) groups excluding carboxylic acids is 1. The highest BCUT2D eigenvalue weighted by atomic mass is 32.2. The summed E-state index contributed by atoms with van der Waals surface area (Å²) in [5.41, 5.74) is 2.71. The smallest absolute Gasteiger partial charge is 0.262 e. The van der Waals surface area contributed by atoms with Crippen molar-refractivity contribution in [1.29, 1.82) is 0 Å². The van der Waals surface area contributed by atoms with Crippen LogP contribution in [0.4, 0.5) is 10.8 Å². The molecule has 0 bridgehead atoms. The van der Waals surface area contributed by atoms with E-state index in [0.717, 1.165) is 16.4 Å². The lowest BCUT2D eigenvalue weighted by atomic mass is 10.1. The van der Waals surface area contributed by atoms with Crippen LogP contribution in [0.1, 0.15) is 18.9 Å². The number of aryl methyl sites for hydroxylation is 1. The van der Waals surface area contributed by atoms with Crippen LogP contribution in [0.2, 0.25) is 0 Å². The van der Waals surface area contributed by atoms with Crippen molar-refractivity contribution < 1.29 is 22.7 Å². The molecule has 0 radical (unpaired) electrons. The Bertz CT molecular complexity index is 1260. The van der Waals surface area contributed by atoms with Gasteiger partial charge in [0.1, 0.15) is 11.5 Å². The number of sulfonamides is 1. The van der Waals surface area contributed by atoms with Gasteiger partial charge in [-0.3, -0.25) is 4.79 Å². The fourth-order valence-corrected chi connectivity index (χ4v) is 4.99. The van der Waals surface area contributed by atoms with Gasteiger partial charge in [0.25, 0.3) is 5.91 Å². The number of ether oxygens (including phenoxy) is 2. The summed E-state index contributed by atoms with van der Waals surface area (Å²) in [5.74, 6) is 0.546. The molecule has 1 amide bonds. The highest BCUT2D eigenvalue weighted by Crippen LogP contribution is 2.32. The van der Waals surface area contributed by atoms with Gasteiger partial charge in [0.05, 0.1) is 23.4 Å². The normalized spacial score (nSPS) is 11.2. The van der Waals surface area contributed by atoms with Gasteiger partial charge in [-0.25, -0.2) is 18.1 Å². The minimum atomic E-state index is -3.58. The SMILES string of the molecule is CCCNS(=O)(=O)c1ccc(OCC(=O)Nc2cc(-c3csc(NC)n3)ccc2OC)c(C)c1. The van der Waals surface area contributed by atoms with Gasteiger partial charge >= 0.3 is 0 Å². The first-order chi connectivity index (χ1) is 16.3. The molecule has 3 rings (SSSR count). The summed E-state index contributed by atoms with van der Waals surface area (Å²) in [6.07, 6.45) is 0.697. The predicted molar refractivity (Wildman–Crippen MR) is 134 cm³/mol. The molecule has 3 N–H and O–H groups in total. The predicted octanol–water partition coefficient (Wildman–Crippen LogP) is 3.87. The van der Waals surface area contributed by atoms with E-state index in [2.05, 4.69) is 20.3 Å². The summed E-state index contributed by atoms with van der Waals surface area (Å²) in [7, 11) is -0.245. The van der Waals surface area contributed by atoms with E-state index in [1.165, 1.54) is 30.6 Å². The molecule has 34 heavy (non-hydrogen) atoms. The summed E-state index contributed by atoms with van der Waals surface area (Å²) >= 11 is 1.48. The molecule has 11 heteroatoms. The number of thiazole rings is 1. The molecule has 0 fully saturated rings. The number of nitrogens with one attached hydrogen (secondary N) is 3. The lowest BCUT2D eigenvalue weighted by Crippen LogP contribution is -2.24. The zero-order valence-electron chi connectivity index (χ0n) is 19.5. The minimum Gasteiger partial charge on any atom is -0.495 e. The number of hydrogen-bond acceptors (Lipinski definition) is 8. The molecule has 0 saturated heterocycles. The second-order valence-corrected chi connectivity index (χ2v) is 9.99. The van der Waals surface area contributed by atoms with E-state index in [0.29, 0.717) is 35.7 Å². The monoisotopic (exact) mass is 504 g/mol. The Balaban J connectivity index is 1.68. The van der Waals surface area contributed by atoms with Gasteiger partial charge in [-0.15, -0.1) is 11.3 Å². The Morgan fingerprint density at radius 2 is 1.91 bits per heavy atom. The molecule has 0 unspecified atom stereocenters. The van der Waals surface area contributed by atoms with Crippen molar-refractivity contribution in [3.05, 3.63) is 47.3 Å². The van der Waals surface area contributed by atoms with Gasteiger partial charge in [-0.2, -0.15) is 0 Å².